The van der Waals surface area contributed by atoms with Gasteiger partial charge in [0.2, 0.25) is 0 Å². The van der Waals surface area contributed by atoms with E-state index in [9.17, 15) is 28.1 Å². The largest absolute Gasteiger partial charge is 0.416 e. The number of anilines is 1. The topological polar surface area (TPSA) is 78.7 Å². The van der Waals surface area contributed by atoms with Crippen molar-refractivity contribution in [1.29, 1.82) is 0 Å². The maximum atomic E-state index is 13.0. The number of hydrogen-bond donors (Lipinski definition) is 1. The Morgan fingerprint density at radius 2 is 1.69 bits per heavy atom. The molecule has 12 heteroatoms. The number of carbonyl (C=O) groups is 1. The molecule has 0 bridgehead atoms. The van der Waals surface area contributed by atoms with E-state index < -0.39 is 22.4 Å². The first-order valence-electron chi connectivity index (χ1n) is 10.4. The van der Waals surface area contributed by atoms with Gasteiger partial charge in [-0.15, -0.1) is 0 Å². The molecule has 1 aliphatic rings. The summed E-state index contributed by atoms with van der Waals surface area (Å²) >= 11 is 8.89. The average Bonchev–Trinajstić information content (AvgIpc) is 2.83. The van der Waals surface area contributed by atoms with Gasteiger partial charge in [0.15, 0.2) is 5.11 Å². The molecule has 1 amide bonds. The van der Waals surface area contributed by atoms with Gasteiger partial charge in [0.25, 0.3) is 11.6 Å². The summed E-state index contributed by atoms with van der Waals surface area (Å²) in [5.41, 5.74) is -1.11. The van der Waals surface area contributed by atoms with Crippen molar-refractivity contribution in [3.63, 3.8) is 0 Å². The Hall–Kier alpha value is -3.25. The molecule has 35 heavy (non-hydrogen) atoms. The van der Waals surface area contributed by atoms with Crippen molar-refractivity contribution in [3.8, 4) is 0 Å². The van der Waals surface area contributed by atoms with Crippen molar-refractivity contribution in [2.75, 3.05) is 31.1 Å². The van der Waals surface area contributed by atoms with Gasteiger partial charge in [-0.1, -0.05) is 40.2 Å². The Balaban J connectivity index is 1.44. The minimum atomic E-state index is -4.67. The molecule has 1 fully saturated rings. The lowest BCUT2D eigenvalue weighted by Crippen LogP contribution is -2.52. The van der Waals surface area contributed by atoms with E-state index in [2.05, 4.69) is 21.2 Å². The van der Waals surface area contributed by atoms with Crippen molar-refractivity contribution in [2.45, 2.75) is 6.18 Å². The smallest absolute Gasteiger partial charge is 0.362 e. The molecule has 182 valence electrons. The van der Waals surface area contributed by atoms with Gasteiger partial charge in [0, 0.05) is 42.3 Å². The molecule has 0 saturated carbocycles. The Kier molecular flexibility index (Phi) is 6.95. The van der Waals surface area contributed by atoms with Crippen LogP contribution in [0.3, 0.4) is 0 Å². The van der Waals surface area contributed by atoms with Gasteiger partial charge in [-0.25, -0.2) is 0 Å². The lowest BCUT2D eigenvalue weighted by molar-refractivity contribution is -0.384. The predicted octanol–water partition coefficient (Wildman–Crippen LogP) is 5.37. The Bertz CT molecular complexity index is 1330. The number of benzene rings is 3. The summed E-state index contributed by atoms with van der Waals surface area (Å²) in [4.78, 5) is 26.9. The number of alkyl halides is 3. The molecule has 0 unspecified atom stereocenters. The zero-order valence-electron chi connectivity index (χ0n) is 18.0. The predicted molar refractivity (Wildman–Crippen MR) is 134 cm³/mol. The maximum absolute atomic E-state index is 13.0. The van der Waals surface area contributed by atoms with Crippen LogP contribution in [-0.2, 0) is 6.18 Å². The minimum absolute atomic E-state index is 0.110. The summed E-state index contributed by atoms with van der Waals surface area (Å²) in [6.45, 7) is 1.23. The third kappa shape index (κ3) is 5.22. The highest BCUT2D eigenvalue weighted by molar-refractivity contribution is 9.10. The van der Waals surface area contributed by atoms with Crippen LogP contribution in [0.15, 0.2) is 59.1 Å². The highest BCUT2D eigenvalue weighted by atomic mass is 79.9. The number of rotatable bonds is 3. The van der Waals surface area contributed by atoms with Crippen LogP contribution < -0.4 is 10.2 Å². The van der Waals surface area contributed by atoms with Gasteiger partial charge in [0.05, 0.1) is 10.5 Å². The van der Waals surface area contributed by atoms with E-state index in [1.165, 1.54) is 0 Å². The van der Waals surface area contributed by atoms with Gasteiger partial charge in [0.1, 0.15) is 5.69 Å². The molecule has 0 aliphatic carbocycles. The molecule has 1 saturated heterocycles. The second kappa shape index (κ2) is 9.78. The van der Waals surface area contributed by atoms with Gasteiger partial charge in [-0.2, -0.15) is 13.2 Å². The quantitative estimate of drug-likeness (QED) is 0.261. The second-order valence-corrected chi connectivity index (χ2v) is 9.07. The summed E-state index contributed by atoms with van der Waals surface area (Å²) in [6, 6.07) is 13.4. The third-order valence-electron chi connectivity index (χ3n) is 5.74. The molecule has 4 rings (SSSR count). The van der Waals surface area contributed by atoms with Crippen LogP contribution in [0, 0.1) is 10.1 Å². The summed E-state index contributed by atoms with van der Waals surface area (Å²) in [5, 5.41) is 16.0. The molecular formula is C23H18BrF3N4O3S. The lowest BCUT2D eigenvalue weighted by atomic mass is 10.0. The van der Waals surface area contributed by atoms with Crippen molar-refractivity contribution in [1.82, 2.24) is 10.2 Å². The number of piperazine rings is 1. The van der Waals surface area contributed by atoms with E-state index in [4.69, 9.17) is 12.2 Å². The fourth-order valence-electron chi connectivity index (χ4n) is 3.98. The number of carbonyl (C=O) groups excluding carboxylic acids is 1. The fraction of sp³-hybridized carbons (Fsp3) is 0.217. The van der Waals surface area contributed by atoms with Gasteiger partial charge >= 0.3 is 6.18 Å². The molecule has 7 nitrogen and oxygen atoms in total. The van der Waals surface area contributed by atoms with Crippen LogP contribution in [0.2, 0.25) is 0 Å². The summed E-state index contributed by atoms with van der Waals surface area (Å²) < 4.78 is 39.8. The maximum Gasteiger partial charge on any atom is 0.416 e. The molecule has 3 aromatic carbocycles. The van der Waals surface area contributed by atoms with Gasteiger partial charge in [-0.05, 0) is 47.3 Å². The van der Waals surface area contributed by atoms with Gasteiger partial charge in [-0.3, -0.25) is 20.2 Å². The molecule has 0 radical (unpaired) electrons. The highest BCUT2D eigenvalue weighted by Gasteiger charge is 2.34. The van der Waals surface area contributed by atoms with Crippen LogP contribution in [0.5, 0.6) is 0 Å². The van der Waals surface area contributed by atoms with E-state index in [1.54, 1.807) is 21.9 Å². The normalized spacial score (nSPS) is 14.2. The first kappa shape index (κ1) is 24.9. The summed E-state index contributed by atoms with van der Waals surface area (Å²) in [5.74, 6) is -0.362. The minimum Gasteiger partial charge on any atom is -0.362 e. The zero-order chi connectivity index (χ0) is 25.3. The zero-order valence-corrected chi connectivity index (χ0v) is 20.4. The van der Waals surface area contributed by atoms with Crippen molar-refractivity contribution < 1.29 is 22.9 Å². The number of nitrogens with zero attached hydrogens (tertiary/aromatic N) is 3. The van der Waals surface area contributed by atoms with Crippen molar-refractivity contribution in [3.05, 3.63) is 80.3 Å². The summed E-state index contributed by atoms with van der Waals surface area (Å²) in [6.07, 6.45) is -4.67. The number of nitro benzene ring substituents is 1. The number of amides is 1. The monoisotopic (exact) mass is 566 g/mol. The second-order valence-electron chi connectivity index (χ2n) is 7.83. The molecule has 1 N–H and O–H groups in total. The van der Waals surface area contributed by atoms with Crippen LogP contribution >= 0.6 is 28.1 Å². The molecular weight excluding hydrogens is 549 g/mol. The van der Waals surface area contributed by atoms with Crippen LogP contribution in [0.25, 0.3) is 10.8 Å². The van der Waals surface area contributed by atoms with Crippen LogP contribution in [-0.4, -0.2) is 47.0 Å². The Morgan fingerprint density at radius 3 is 2.34 bits per heavy atom. The van der Waals surface area contributed by atoms with E-state index in [-0.39, 0.29) is 29.8 Å². The number of nitro groups is 1. The highest BCUT2D eigenvalue weighted by Crippen LogP contribution is 2.36. The van der Waals surface area contributed by atoms with E-state index in [0.29, 0.717) is 24.7 Å². The molecule has 1 aliphatic heterocycles. The number of thiocarbonyl (C=S) groups is 1. The first-order valence-corrected chi connectivity index (χ1v) is 11.6. The number of fused-ring (bicyclic) bond motifs is 1. The SMILES string of the molecule is O=C(NC(=S)N1CCN(c2ccc(C(F)(F)F)cc2[N+](=O)[O-])CC1)c1cccc2c(Br)cccc12. The number of halogens is 4. The van der Waals surface area contributed by atoms with Gasteiger partial charge < -0.3 is 9.80 Å². The summed E-state index contributed by atoms with van der Waals surface area (Å²) in [7, 11) is 0. The molecule has 0 spiro atoms. The molecule has 0 atom stereocenters. The molecule has 3 aromatic rings. The van der Waals surface area contributed by atoms with Crippen LogP contribution in [0.4, 0.5) is 24.5 Å². The standard InChI is InChI=1S/C23H18BrF3N4O3S/c24-18-6-2-3-15-16(18)4-1-5-17(15)21(32)28-22(35)30-11-9-29(10-12-30)19-8-7-14(23(25,26)27)13-20(19)31(33)34/h1-8,13H,9-12H2,(H,28,32,35). The first-order chi connectivity index (χ1) is 16.6. The van der Waals surface area contributed by atoms with Crippen molar-refractivity contribution >= 4 is 61.3 Å². The van der Waals surface area contributed by atoms with E-state index >= 15 is 0 Å². The van der Waals surface area contributed by atoms with E-state index in [0.717, 1.165) is 27.4 Å². The Morgan fingerprint density at radius 1 is 1.03 bits per heavy atom. The lowest BCUT2D eigenvalue weighted by Gasteiger charge is -2.37. The number of hydrogen-bond acceptors (Lipinski definition) is 5. The third-order valence-corrected chi connectivity index (χ3v) is 6.79. The number of nitrogens with one attached hydrogen (secondary N) is 1. The Labute approximate surface area is 211 Å². The fourth-order valence-corrected chi connectivity index (χ4v) is 4.75. The van der Waals surface area contributed by atoms with Crippen molar-refractivity contribution in [2.24, 2.45) is 0 Å². The van der Waals surface area contributed by atoms with Crippen LogP contribution in [0.1, 0.15) is 15.9 Å². The van der Waals surface area contributed by atoms with E-state index in [1.807, 2.05) is 24.3 Å². The molecule has 1 heterocycles. The average molecular weight is 567 g/mol. The molecule has 0 aromatic heterocycles.